The molecule has 3 aromatic rings. The molecule has 0 fully saturated rings. The molecule has 37 heavy (non-hydrogen) atoms. The number of hydrogen-bond acceptors (Lipinski definition) is 6. The number of amides is 1. The third-order valence-electron chi connectivity index (χ3n) is 4.44. The monoisotopic (exact) mass is 569 g/mol. The largest absolute Gasteiger partial charge is 0.573 e. The van der Waals surface area contributed by atoms with Gasteiger partial charge in [0.2, 0.25) is 0 Å². The van der Waals surface area contributed by atoms with Crippen LogP contribution in [0.5, 0.6) is 17.2 Å². The van der Waals surface area contributed by atoms with E-state index >= 15 is 0 Å². The number of pyridine rings is 1. The molecule has 16 heteroatoms. The van der Waals surface area contributed by atoms with Crippen LogP contribution in [-0.4, -0.2) is 32.7 Å². The second-order valence-electron chi connectivity index (χ2n) is 6.99. The summed E-state index contributed by atoms with van der Waals surface area (Å²) in [6.45, 7) is 0. The van der Waals surface area contributed by atoms with Gasteiger partial charge in [0.1, 0.15) is 17.2 Å². The van der Waals surface area contributed by atoms with Gasteiger partial charge in [-0.05, 0) is 49.5 Å². The number of sulfonamides is 1. The van der Waals surface area contributed by atoms with Crippen LogP contribution in [0.3, 0.4) is 0 Å². The topological polar surface area (TPSA) is 107 Å². The minimum Gasteiger partial charge on any atom is -0.457 e. The summed E-state index contributed by atoms with van der Waals surface area (Å²) < 4.78 is 112. The summed E-state index contributed by atoms with van der Waals surface area (Å²) in [5.41, 5.74) is -1.92. The molecule has 0 radical (unpaired) electrons. The van der Waals surface area contributed by atoms with E-state index in [2.05, 4.69) is 15.0 Å². The van der Waals surface area contributed by atoms with Crippen molar-refractivity contribution in [1.29, 1.82) is 0 Å². The summed E-state index contributed by atoms with van der Waals surface area (Å²) in [6.07, 6.45) is -8.83. The third-order valence-corrected chi connectivity index (χ3v) is 6.07. The number of anilines is 1. The van der Waals surface area contributed by atoms with Gasteiger partial charge in [0.05, 0.1) is 16.1 Å². The first-order valence-corrected chi connectivity index (χ1v) is 11.6. The summed E-state index contributed by atoms with van der Waals surface area (Å²) in [7, 11) is -2.84. The van der Waals surface area contributed by atoms with E-state index in [1.54, 1.807) is 0 Å². The first-order chi connectivity index (χ1) is 17.1. The van der Waals surface area contributed by atoms with E-state index in [0.717, 1.165) is 43.6 Å². The summed E-state index contributed by atoms with van der Waals surface area (Å²) in [6, 6.07) is 7.00. The Labute approximate surface area is 210 Å². The van der Waals surface area contributed by atoms with Crippen LogP contribution in [0.4, 0.5) is 32.0 Å². The summed E-state index contributed by atoms with van der Waals surface area (Å²) in [4.78, 5) is 16.6. The molecule has 198 valence electrons. The number of carbonyl (C=O) groups is 1. The molecule has 0 saturated carbocycles. The molecule has 1 aromatic heterocycles. The lowest BCUT2D eigenvalue weighted by Gasteiger charge is -2.16. The number of hydrogen-bond donors (Lipinski definition) is 2. The van der Waals surface area contributed by atoms with Crippen LogP contribution in [0.25, 0.3) is 0 Å². The average molecular weight is 570 g/mol. The summed E-state index contributed by atoms with van der Waals surface area (Å²) >= 11 is 5.75. The van der Waals surface area contributed by atoms with Gasteiger partial charge >= 0.3 is 12.5 Å². The lowest BCUT2D eigenvalue weighted by molar-refractivity contribution is -0.274. The number of nitrogens with zero attached hydrogens (tertiary/aromatic N) is 1. The summed E-state index contributed by atoms with van der Waals surface area (Å²) in [5, 5.41) is 1.02. The lowest BCUT2D eigenvalue weighted by Crippen LogP contribution is -2.20. The van der Waals surface area contributed by atoms with Crippen LogP contribution in [-0.2, 0) is 16.2 Å². The van der Waals surface area contributed by atoms with Crippen molar-refractivity contribution in [1.82, 2.24) is 9.71 Å². The normalized spacial score (nSPS) is 12.2. The van der Waals surface area contributed by atoms with E-state index in [4.69, 9.17) is 16.3 Å². The fraction of sp³-hybridized carbons (Fsp3) is 0.143. The maximum atomic E-state index is 13.4. The minimum atomic E-state index is -4.97. The van der Waals surface area contributed by atoms with Gasteiger partial charge in [0, 0.05) is 18.0 Å². The zero-order valence-electron chi connectivity index (χ0n) is 18.2. The predicted molar refractivity (Wildman–Crippen MR) is 118 cm³/mol. The molecule has 0 unspecified atom stereocenters. The van der Waals surface area contributed by atoms with Crippen molar-refractivity contribution in [2.24, 2.45) is 0 Å². The van der Waals surface area contributed by atoms with Crippen molar-refractivity contribution >= 4 is 33.2 Å². The van der Waals surface area contributed by atoms with Gasteiger partial charge in [-0.25, -0.2) is 18.1 Å². The Hall–Kier alpha value is -3.56. The molecule has 1 heterocycles. The van der Waals surface area contributed by atoms with E-state index in [-0.39, 0.29) is 11.4 Å². The maximum absolute atomic E-state index is 13.4. The first-order valence-electron chi connectivity index (χ1n) is 9.74. The lowest BCUT2D eigenvalue weighted by atomic mass is 10.1. The number of halogens is 7. The van der Waals surface area contributed by atoms with Crippen molar-refractivity contribution in [2.45, 2.75) is 17.6 Å². The Morgan fingerprint density at radius 1 is 0.973 bits per heavy atom. The molecule has 1 amide bonds. The van der Waals surface area contributed by atoms with Gasteiger partial charge in [0.15, 0.2) is 5.03 Å². The Morgan fingerprint density at radius 3 is 2.16 bits per heavy atom. The van der Waals surface area contributed by atoms with Gasteiger partial charge < -0.3 is 14.8 Å². The third kappa shape index (κ3) is 7.24. The van der Waals surface area contributed by atoms with Crippen LogP contribution >= 0.6 is 11.6 Å². The molecule has 0 aliphatic rings. The molecule has 0 aliphatic heterocycles. The number of ether oxygens (including phenoxy) is 2. The molecule has 2 N–H and O–H groups in total. The number of rotatable bonds is 7. The zero-order chi connectivity index (χ0) is 27.6. The highest BCUT2D eigenvalue weighted by molar-refractivity contribution is 7.89. The molecule has 0 bridgehead atoms. The number of carbonyl (C=O) groups excluding carboxylic acids is 1. The molecule has 0 spiro atoms. The first kappa shape index (κ1) is 28.0. The van der Waals surface area contributed by atoms with E-state index in [9.17, 15) is 39.6 Å². The predicted octanol–water partition coefficient (Wildman–Crippen LogP) is 5.61. The van der Waals surface area contributed by atoms with E-state index in [1.807, 2.05) is 4.72 Å². The second-order valence-corrected chi connectivity index (χ2v) is 9.23. The molecule has 0 saturated heterocycles. The Kier molecular flexibility index (Phi) is 7.90. The SMILES string of the molecule is CNS(=O)(=O)c1cc(NC(=O)c2cc(Cl)c(C(F)(F)F)cc2Oc2ccc(OC(F)(F)F)cc2)ccn1. The van der Waals surface area contributed by atoms with Crippen LogP contribution in [0.2, 0.25) is 5.02 Å². The number of aromatic nitrogens is 1. The fourth-order valence-corrected chi connectivity index (χ4v) is 3.77. The van der Waals surface area contributed by atoms with Crippen LogP contribution in [0.15, 0.2) is 59.8 Å². The minimum absolute atomic E-state index is 0.0792. The number of alkyl halides is 6. The Bertz CT molecular complexity index is 1410. The van der Waals surface area contributed by atoms with Crippen molar-refractivity contribution < 1.29 is 49.0 Å². The molecule has 2 aromatic carbocycles. The highest BCUT2D eigenvalue weighted by Gasteiger charge is 2.35. The van der Waals surface area contributed by atoms with Gasteiger partial charge in [-0.3, -0.25) is 4.79 Å². The van der Waals surface area contributed by atoms with E-state index < -0.39 is 61.1 Å². The Balaban J connectivity index is 1.98. The standard InChI is InChI=1S/C21H14ClF6N3O5S/c1-29-37(33,34)18-8-11(6-7-30-18)31-19(32)14-9-16(22)15(20(23,24)25)10-17(14)35-12-2-4-13(5-3-12)36-21(26,27)28/h2-10,29H,1H3,(H,30,31,32). The van der Waals surface area contributed by atoms with Crippen molar-refractivity contribution in [3.8, 4) is 17.2 Å². The smallest absolute Gasteiger partial charge is 0.457 e. The maximum Gasteiger partial charge on any atom is 0.573 e. The highest BCUT2D eigenvalue weighted by Crippen LogP contribution is 2.40. The van der Waals surface area contributed by atoms with Crippen LogP contribution in [0, 0.1) is 0 Å². The fourth-order valence-electron chi connectivity index (χ4n) is 2.81. The average Bonchev–Trinajstić information content (AvgIpc) is 2.79. The summed E-state index contributed by atoms with van der Waals surface area (Å²) in [5.74, 6) is -2.53. The van der Waals surface area contributed by atoms with E-state index in [1.165, 1.54) is 6.07 Å². The van der Waals surface area contributed by atoms with Gasteiger partial charge in [-0.1, -0.05) is 11.6 Å². The van der Waals surface area contributed by atoms with E-state index in [0.29, 0.717) is 12.1 Å². The second kappa shape index (κ2) is 10.4. The van der Waals surface area contributed by atoms with Gasteiger partial charge in [0.25, 0.3) is 15.9 Å². The van der Waals surface area contributed by atoms with Crippen molar-refractivity contribution in [3.63, 3.8) is 0 Å². The number of nitrogens with one attached hydrogen (secondary N) is 2. The van der Waals surface area contributed by atoms with Gasteiger partial charge in [-0.15, -0.1) is 13.2 Å². The van der Waals surface area contributed by atoms with Gasteiger partial charge in [-0.2, -0.15) is 13.2 Å². The molecular weight excluding hydrogens is 556 g/mol. The highest BCUT2D eigenvalue weighted by atomic mass is 35.5. The molecule has 3 rings (SSSR count). The van der Waals surface area contributed by atoms with Crippen molar-refractivity contribution in [3.05, 3.63) is 70.9 Å². The zero-order valence-corrected chi connectivity index (χ0v) is 19.8. The molecular formula is C21H14ClF6N3O5S. The molecule has 0 atom stereocenters. The molecule has 8 nitrogen and oxygen atoms in total. The number of benzene rings is 2. The Morgan fingerprint density at radius 2 is 1.59 bits per heavy atom. The molecule has 0 aliphatic carbocycles. The van der Waals surface area contributed by atoms with Crippen LogP contribution in [0.1, 0.15) is 15.9 Å². The van der Waals surface area contributed by atoms with Crippen molar-refractivity contribution in [2.75, 3.05) is 12.4 Å². The quantitative estimate of drug-likeness (QED) is 0.359. The van der Waals surface area contributed by atoms with Crippen LogP contribution < -0.4 is 19.5 Å².